The number of carbonyl (C=O) groups excluding carboxylic acids is 1. The van der Waals surface area contributed by atoms with Crippen molar-refractivity contribution in [1.29, 1.82) is 0 Å². The van der Waals surface area contributed by atoms with E-state index in [1.807, 2.05) is 20.8 Å². The highest BCUT2D eigenvalue weighted by Crippen LogP contribution is 2.37. The van der Waals surface area contributed by atoms with Crippen LogP contribution in [0.4, 0.5) is 0 Å². The van der Waals surface area contributed by atoms with Crippen LogP contribution in [0.25, 0.3) is 0 Å². The van der Waals surface area contributed by atoms with Crippen molar-refractivity contribution >= 4 is 15.7 Å². The minimum absolute atomic E-state index is 0.0163. The first-order valence-electron chi connectivity index (χ1n) is 6.92. The second kappa shape index (κ2) is 5.05. The molecule has 2 rings (SSSR count). The van der Waals surface area contributed by atoms with Gasteiger partial charge in [0.05, 0.1) is 18.1 Å². The molecular weight excluding hydrogens is 264 g/mol. The number of nitrogens with one attached hydrogen (secondary N) is 1. The molecule has 5 nitrogen and oxygen atoms in total. The summed E-state index contributed by atoms with van der Waals surface area (Å²) in [5.74, 6) is 0.856. The topological polar surface area (TPSA) is 66.5 Å². The number of rotatable bonds is 3. The van der Waals surface area contributed by atoms with Crippen molar-refractivity contribution in [3.05, 3.63) is 0 Å². The van der Waals surface area contributed by atoms with Gasteiger partial charge in [-0.1, -0.05) is 0 Å². The largest absolute Gasteiger partial charge is 0.350 e. The summed E-state index contributed by atoms with van der Waals surface area (Å²) in [5, 5.41) is 2.94. The molecular formula is C13H24N2O3S. The summed E-state index contributed by atoms with van der Waals surface area (Å²) in [6, 6.07) is 0.0458. The van der Waals surface area contributed by atoms with Gasteiger partial charge >= 0.3 is 0 Å². The number of nitrogens with zero attached hydrogens (tertiary/aromatic N) is 1. The van der Waals surface area contributed by atoms with Crippen LogP contribution < -0.4 is 5.32 Å². The maximum atomic E-state index is 12.0. The highest BCUT2D eigenvalue weighted by molar-refractivity contribution is 7.91. The Hall–Kier alpha value is -0.620. The van der Waals surface area contributed by atoms with Gasteiger partial charge in [-0.15, -0.1) is 0 Å². The lowest BCUT2D eigenvalue weighted by Crippen LogP contribution is -2.54. The molecule has 2 fully saturated rings. The number of amides is 1. The minimum Gasteiger partial charge on any atom is -0.350 e. The molecule has 6 heteroatoms. The lowest BCUT2D eigenvalue weighted by Gasteiger charge is -2.35. The third kappa shape index (κ3) is 4.45. The van der Waals surface area contributed by atoms with Crippen LogP contribution in [0.15, 0.2) is 0 Å². The molecule has 0 radical (unpaired) electrons. The minimum atomic E-state index is -2.91. The van der Waals surface area contributed by atoms with Gasteiger partial charge in [0.15, 0.2) is 9.84 Å². The second-order valence-corrected chi connectivity index (χ2v) is 9.02. The highest BCUT2D eigenvalue weighted by atomic mass is 32.2. The Labute approximate surface area is 115 Å². The second-order valence-electron chi connectivity index (χ2n) is 6.79. The Kier molecular flexibility index (Phi) is 3.93. The van der Waals surface area contributed by atoms with Crippen LogP contribution in [-0.2, 0) is 14.6 Å². The molecule has 1 saturated heterocycles. The molecule has 0 aromatic heterocycles. The fraction of sp³-hybridized carbons (Fsp3) is 0.923. The molecule has 110 valence electrons. The van der Waals surface area contributed by atoms with Gasteiger partial charge in [0, 0.05) is 18.1 Å². The average Bonchev–Trinajstić information content (AvgIpc) is 3.01. The highest BCUT2D eigenvalue weighted by Gasteiger charge is 2.41. The third-order valence-corrected chi connectivity index (χ3v) is 5.26. The van der Waals surface area contributed by atoms with E-state index in [2.05, 4.69) is 10.2 Å². The van der Waals surface area contributed by atoms with E-state index in [0.29, 0.717) is 19.0 Å². The molecule has 0 unspecified atom stereocenters. The summed E-state index contributed by atoms with van der Waals surface area (Å²) in [5.41, 5.74) is -0.242. The van der Waals surface area contributed by atoms with Gasteiger partial charge in [-0.25, -0.2) is 8.42 Å². The normalized spacial score (nSPS) is 28.1. The van der Waals surface area contributed by atoms with Crippen molar-refractivity contribution < 1.29 is 13.2 Å². The maximum Gasteiger partial charge on any atom is 0.234 e. The number of sulfone groups is 1. The summed E-state index contributed by atoms with van der Waals surface area (Å²) in [6.07, 6.45) is 2.19. The van der Waals surface area contributed by atoms with E-state index < -0.39 is 9.84 Å². The lowest BCUT2D eigenvalue weighted by atomic mass is 10.1. The van der Waals surface area contributed by atoms with E-state index >= 15 is 0 Å². The van der Waals surface area contributed by atoms with E-state index in [1.165, 1.54) is 0 Å². The first-order chi connectivity index (χ1) is 8.66. The van der Waals surface area contributed by atoms with Gasteiger partial charge in [-0.2, -0.15) is 0 Å². The molecule has 1 N–H and O–H groups in total. The third-order valence-electron chi connectivity index (χ3n) is 3.61. The van der Waals surface area contributed by atoms with Gasteiger partial charge in [0.1, 0.15) is 0 Å². The molecule has 1 atom stereocenters. The SMILES string of the molecule is CC(C)(C)NC(=O)CN1CCS(=O)(=O)C[C@H]1C1CC1. The van der Waals surface area contributed by atoms with Gasteiger partial charge in [-0.3, -0.25) is 9.69 Å². The smallest absolute Gasteiger partial charge is 0.234 e. The first kappa shape index (κ1) is 14.8. The van der Waals surface area contributed by atoms with Crippen molar-refractivity contribution in [2.75, 3.05) is 24.6 Å². The predicted molar refractivity (Wildman–Crippen MR) is 74.6 cm³/mol. The van der Waals surface area contributed by atoms with E-state index in [4.69, 9.17) is 0 Å². The van der Waals surface area contributed by atoms with Crippen LogP contribution in [0.5, 0.6) is 0 Å². The molecule has 1 heterocycles. The molecule has 0 bridgehead atoms. The van der Waals surface area contributed by atoms with Crippen LogP contribution in [0.1, 0.15) is 33.6 Å². The summed E-state index contributed by atoms with van der Waals surface area (Å²) in [6.45, 7) is 6.65. The number of hydrogen-bond donors (Lipinski definition) is 1. The van der Waals surface area contributed by atoms with E-state index in [-0.39, 0.29) is 29.0 Å². The average molecular weight is 288 g/mol. The van der Waals surface area contributed by atoms with Crippen LogP contribution >= 0.6 is 0 Å². The zero-order chi connectivity index (χ0) is 14.3. The van der Waals surface area contributed by atoms with Gasteiger partial charge in [-0.05, 0) is 39.5 Å². The molecule has 1 saturated carbocycles. The molecule has 1 aliphatic heterocycles. The molecule has 0 aromatic rings. The van der Waals surface area contributed by atoms with Crippen molar-refractivity contribution in [2.45, 2.75) is 45.2 Å². The summed E-state index contributed by atoms with van der Waals surface area (Å²) >= 11 is 0. The molecule has 2 aliphatic rings. The monoisotopic (exact) mass is 288 g/mol. The van der Waals surface area contributed by atoms with Crippen molar-refractivity contribution in [2.24, 2.45) is 5.92 Å². The summed E-state index contributed by atoms with van der Waals surface area (Å²) in [4.78, 5) is 14.0. The van der Waals surface area contributed by atoms with Crippen molar-refractivity contribution in [3.8, 4) is 0 Å². The summed E-state index contributed by atoms with van der Waals surface area (Å²) in [7, 11) is -2.91. The Morgan fingerprint density at radius 1 is 1.32 bits per heavy atom. The standard InChI is InChI=1S/C13H24N2O3S/c1-13(2,3)14-12(16)8-15-6-7-19(17,18)9-11(15)10-4-5-10/h10-11H,4-9H2,1-3H3,(H,14,16)/t11-/m0/s1. The quantitative estimate of drug-likeness (QED) is 0.817. The fourth-order valence-corrected chi connectivity index (χ4v) is 4.31. The van der Waals surface area contributed by atoms with Crippen LogP contribution in [0, 0.1) is 5.92 Å². The molecule has 0 spiro atoms. The first-order valence-corrected chi connectivity index (χ1v) is 8.74. The van der Waals surface area contributed by atoms with Crippen molar-refractivity contribution in [3.63, 3.8) is 0 Å². The lowest BCUT2D eigenvalue weighted by molar-refractivity contribution is -0.124. The molecule has 0 aromatic carbocycles. The molecule has 1 aliphatic carbocycles. The van der Waals surface area contributed by atoms with E-state index in [0.717, 1.165) is 12.8 Å². The van der Waals surface area contributed by atoms with E-state index in [1.54, 1.807) is 0 Å². The predicted octanol–water partition coefficient (Wildman–Crippen LogP) is 0.410. The van der Waals surface area contributed by atoms with Crippen LogP contribution in [0.2, 0.25) is 0 Å². The zero-order valence-electron chi connectivity index (χ0n) is 12.0. The van der Waals surface area contributed by atoms with Crippen LogP contribution in [0.3, 0.4) is 0 Å². The maximum absolute atomic E-state index is 12.0. The Morgan fingerprint density at radius 3 is 2.47 bits per heavy atom. The van der Waals surface area contributed by atoms with E-state index in [9.17, 15) is 13.2 Å². The Balaban J connectivity index is 1.97. The van der Waals surface area contributed by atoms with Crippen molar-refractivity contribution in [1.82, 2.24) is 10.2 Å². The van der Waals surface area contributed by atoms with Gasteiger partial charge in [0.25, 0.3) is 0 Å². The Morgan fingerprint density at radius 2 is 1.95 bits per heavy atom. The van der Waals surface area contributed by atoms with Crippen LogP contribution in [-0.4, -0.2) is 55.4 Å². The molecule has 1 amide bonds. The van der Waals surface area contributed by atoms with Gasteiger partial charge < -0.3 is 5.32 Å². The fourth-order valence-electron chi connectivity index (χ4n) is 2.62. The Bertz CT molecular complexity index is 449. The number of hydrogen-bond acceptors (Lipinski definition) is 4. The van der Waals surface area contributed by atoms with Gasteiger partial charge in [0.2, 0.25) is 5.91 Å². The summed E-state index contributed by atoms with van der Waals surface area (Å²) < 4.78 is 23.5. The number of carbonyl (C=O) groups is 1. The molecule has 19 heavy (non-hydrogen) atoms. The zero-order valence-corrected chi connectivity index (χ0v) is 12.8.